The molecule has 2 fully saturated rings. The number of ether oxygens (including phenoxy) is 1. The lowest BCUT2D eigenvalue weighted by atomic mass is 10.1. The number of nitrogens with zero attached hydrogens (tertiary/aromatic N) is 3. The number of amides is 1. The van der Waals surface area contributed by atoms with Crippen molar-refractivity contribution in [3.05, 3.63) is 59.8 Å². The molecular formula is C24H30FN5O3. The Morgan fingerprint density at radius 2 is 2.21 bits per heavy atom. The van der Waals surface area contributed by atoms with Gasteiger partial charge < -0.3 is 15.0 Å². The molecule has 2 atom stereocenters. The molecule has 0 bridgehead atoms. The number of rotatable bonds is 9. The summed E-state index contributed by atoms with van der Waals surface area (Å²) >= 11 is 0. The summed E-state index contributed by atoms with van der Waals surface area (Å²) in [6.07, 6.45) is 10.5. The number of hydrogen-bond donors (Lipinski definition) is 2. The average Bonchev–Trinajstić information content (AvgIpc) is 3.29. The van der Waals surface area contributed by atoms with Crippen LogP contribution in [0, 0.1) is 5.82 Å². The summed E-state index contributed by atoms with van der Waals surface area (Å²) in [5.41, 5.74) is 3.97. The van der Waals surface area contributed by atoms with Gasteiger partial charge in [0.25, 0.3) is 5.91 Å². The third-order valence-electron chi connectivity index (χ3n) is 5.74. The van der Waals surface area contributed by atoms with Crippen LogP contribution in [-0.4, -0.2) is 59.3 Å². The van der Waals surface area contributed by atoms with Gasteiger partial charge in [-0.2, -0.15) is 0 Å². The molecule has 2 aliphatic heterocycles. The molecule has 2 aliphatic rings. The van der Waals surface area contributed by atoms with Crippen molar-refractivity contribution in [3.63, 3.8) is 0 Å². The van der Waals surface area contributed by atoms with Crippen LogP contribution in [0.3, 0.4) is 0 Å². The summed E-state index contributed by atoms with van der Waals surface area (Å²) in [5, 5.41) is 3.41. The monoisotopic (exact) mass is 455 g/mol. The second-order valence-electron chi connectivity index (χ2n) is 8.35. The van der Waals surface area contributed by atoms with E-state index in [9.17, 15) is 9.18 Å². The molecule has 2 aromatic rings. The van der Waals surface area contributed by atoms with Crippen molar-refractivity contribution in [2.45, 2.75) is 44.4 Å². The van der Waals surface area contributed by atoms with Crippen molar-refractivity contribution in [1.82, 2.24) is 20.3 Å². The van der Waals surface area contributed by atoms with Gasteiger partial charge in [-0.15, -0.1) is 0 Å². The highest BCUT2D eigenvalue weighted by atomic mass is 19.1. The Morgan fingerprint density at radius 1 is 1.27 bits per heavy atom. The molecule has 8 nitrogen and oxygen atoms in total. The van der Waals surface area contributed by atoms with Gasteiger partial charge in [0.1, 0.15) is 11.6 Å². The van der Waals surface area contributed by atoms with E-state index in [2.05, 4.69) is 25.7 Å². The van der Waals surface area contributed by atoms with E-state index in [-0.39, 0.29) is 24.1 Å². The van der Waals surface area contributed by atoms with Gasteiger partial charge in [-0.1, -0.05) is 12.1 Å². The van der Waals surface area contributed by atoms with Crippen LogP contribution >= 0.6 is 0 Å². The molecule has 176 valence electrons. The fourth-order valence-electron chi connectivity index (χ4n) is 3.96. The van der Waals surface area contributed by atoms with E-state index < -0.39 is 0 Å². The number of likely N-dealkylation sites (tertiary alicyclic amines) is 1. The predicted octanol–water partition coefficient (Wildman–Crippen LogP) is 2.93. The van der Waals surface area contributed by atoms with Crippen LogP contribution in [-0.2, 0) is 20.8 Å². The summed E-state index contributed by atoms with van der Waals surface area (Å²) < 4.78 is 18.7. The van der Waals surface area contributed by atoms with Gasteiger partial charge in [0.05, 0.1) is 18.1 Å². The van der Waals surface area contributed by atoms with Gasteiger partial charge in [0, 0.05) is 44.8 Å². The van der Waals surface area contributed by atoms with Crippen LogP contribution in [0.1, 0.15) is 36.9 Å². The molecule has 0 radical (unpaired) electrons. The first-order valence-corrected chi connectivity index (χ1v) is 11.4. The Morgan fingerprint density at radius 3 is 3.00 bits per heavy atom. The van der Waals surface area contributed by atoms with Crippen LogP contribution in [0.4, 0.5) is 10.2 Å². The second-order valence-corrected chi connectivity index (χ2v) is 8.35. The number of carbonyl (C=O) groups excluding carboxylic acids is 1. The fraction of sp³-hybridized carbons (Fsp3) is 0.458. The highest BCUT2D eigenvalue weighted by molar-refractivity contribution is 5.90. The maximum Gasteiger partial charge on any atom is 0.267 e. The number of benzene rings is 1. The van der Waals surface area contributed by atoms with Gasteiger partial charge >= 0.3 is 0 Å². The number of aromatic nitrogens is 2. The van der Waals surface area contributed by atoms with Gasteiger partial charge in [-0.25, -0.2) is 19.7 Å². The van der Waals surface area contributed by atoms with E-state index in [1.54, 1.807) is 30.6 Å². The number of anilines is 1. The van der Waals surface area contributed by atoms with Crippen LogP contribution in [0.2, 0.25) is 0 Å². The SMILES string of the molecule is O=C(/C=C/c1cnc(N[C@@H]2CCN(CCc3cccc(F)c3)C2)cn1)NOC1CCCCO1. The quantitative estimate of drug-likeness (QED) is 0.444. The molecule has 1 amide bonds. The van der Waals surface area contributed by atoms with Gasteiger partial charge in [0.2, 0.25) is 0 Å². The van der Waals surface area contributed by atoms with Gasteiger partial charge in [-0.05, 0) is 49.5 Å². The summed E-state index contributed by atoms with van der Waals surface area (Å²) in [4.78, 5) is 28.2. The number of carbonyl (C=O) groups is 1. The summed E-state index contributed by atoms with van der Waals surface area (Å²) in [6.45, 7) is 3.45. The second kappa shape index (κ2) is 11.8. The van der Waals surface area contributed by atoms with Gasteiger partial charge in [0.15, 0.2) is 6.29 Å². The minimum absolute atomic E-state index is 0.187. The normalized spacial score (nSPS) is 21.4. The topological polar surface area (TPSA) is 88.6 Å². The van der Waals surface area contributed by atoms with E-state index in [0.717, 1.165) is 57.3 Å². The third-order valence-corrected chi connectivity index (χ3v) is 5.74. The molecule has 9 heteroatoms. The minimum Gasteiger partial charge on any atom is -0.365 e. The maximum absolute atomic E-state index is 13.3. The van der Waals surface area contributed by atoms with Crippen molar-refractivity contribution >= 4 is 17.8 Å². The lowest BCUT2D eigenvalue weighted by Gasteiger charge is -2.21. The predicted molar refractivity (Wildman–Crippen MR) is 122 cm³/mol. The van der Waals surface area contributed by atoms with E-state index >= 15 is 0 Å². The highest BCUT2D eigenvalue weighted by Crippen LogP contribution is 2.16. The molecule has 2 saturated heterocycles. The molecule has 0 saturated carbocycles. The fourth-order valence-corrected chi connectivity index (χ4v) is 3.96. The highest BCUT2D eigenvalue weighted by Gasteiger charge is 2.22. The van der Waals surface area contributed by atoms with Crippen molar-refractivity contribution in [2.24, 2.45) is 0 Å². The molecule has 33 heavy (non-hydrogen) atoms. The lowest BCUT2D eigenvalue weighted by Crippen LogP contribution is -2.32. The Balaban J connectivity index is 1.17. The lowest BCUT2D eigenvalue weighted by molar-refractivity contribution is -0.198. The van der Waals surface area contributed by atoms with Crippen LogP contribution in [0.25, 0.3) is 6.08 Å². The number of hydrogen-bond acceptors (Lipinski definition) is 7. The standard InChI is InChI=1S/C24H30FN5O3/c25-19-5-3-4-18(14-19)9-11-30-12-10-21(17-30)28-22-16-26-20(15-27-22)7-8-23(31)29-33-24-6-1-2-13-32-24/h3-5,7-8,14-16,21,24H,1-2,6,9-13,17H2,(H,27,28)(H,29,31)/b8-7+/t21-,24?/m1/s1. The third kappa shape index (κ3) is 7.59. The van der Waals surface area contributed by atoms with E-state index in [1.165, 1.54) is 12.1 Å². The molecule has 1 aromatic heterocycles. The minimum atomic E-state index is -0.380. The van der Waals surface area contributed by atoms with Crippen LogP contribution in [0.15, 0.2) is 42.7 Å². The van der Waals surface area contributed by atoms with E-state index in [0.29, 0.717) is 18.1 Å². The molecular weight excluding hydrogens is 425 g/mol. The molecule has 0 aliphatic carbocycles. The first kappa shape index (κ1) is 23.3. The zero-order valence-electron chi connectivity index (χ0n) is 18.6. The molecule has 2 N–H and O–H groups in total. The zero-order chi connectivity index (χ0) is 22.9. The Labute approximate surface area is 193 Å². The molecule has 1 unspecified atom stereocenters. The molecule has 4 rings (SSSR count). The summed E-state index contributed by atoms with van der Waals surface area (Å²) in [5.74, 6) is 0.136. The van der Waals surface area contributed by atoms with Crippen molar-refractivity contribution in [1.29, 1.82) is 0 Å². The van der Waals surface area contributed by atoms with Crippen molar-refractivity contribution in [2.75, 3.05) is 31.6 Å². The maximum atomic E-state index is 13.3. The number of halogens is 1. The van der Waals surface area contributed by atoms with Crippen molar-refractivity contribution < 1.29 is 18.8 Å². The largest absolute Gasteiger partial charge is 0.365 e. The van der Waals surface area contributed by atoms with Gasteiger partial charge in [-0.3, -0.25) is 9.78 Å². The molecule has 0 spiro atoms. The van der Waals surface area contributed by atoms with Crippen molar-refractivity contribution in [3.8, 4) is 0 Å². The van der Waals surface area contributed by atoms with E-state index in [4.69, 9.17) is 9.57 Å². The molecule has 1 aromatic carbocycles. The zero-order valence-corrected chi connectivity index (χ0v) is 18.6. The number of nitrogens with one attached hydrogen (secondary N) is 2. The Bertz CT molecular complexity index is 934. The summed E-state index contributed by atoms with van der Waals surface area (Å²) in [7, 11) is 0. The Kier molecular flexibility index (Phi) is 8.35. The van der Waals surface area contributed by atoms with Crippen LogP contribution in [0.5, 0.6) is 0 Å². The average molecular weight is 456 g/mol. The first-order valence-electron chi connectivity index (χ1n) is 11.4. The summed E-state index contributed by atoms with van der Waals surface area (Å²) in [6, 6.07) is 7.07. The van der Waals surface area contributed by atoms with E-state index in [1.807, 2.05) is 6.07 Å². The molecule has 3 heterocycles. The first-order chi connectivity index (χ1) is 16.1. The number of hydroxylamine groups is 1. The Hall–Kier alpha value is -2.88. The van der Waals surface area contributed by atoms with Crippen LogP contribution < -0.4 is 10.8 Å². The smallest absolute Gasteiger partial charge is 0.267 e.